The third-order valence-corrected chi connectivity index (χ3v) is 6.17. The van der Waals surface area contributed by atoms with Gasteiger partial charge in [0.05, 0.1) is 12.4 Å². The fraction of sp³-hybridized carbons (Fsp3) is 0.417. The second-order valence-electron chi connectivity index (χ2n) is 7.64. The van der Waals surface area contributed by atoms with Gasteiger partial charge in [-0.3, -0.25) is 0 Å². The molecule has 1 aromatic heterocycles. The van der Waals surface area contributed by atoms with Gasteiger partial charge in [-0.2, -0.15) is 0 Å². The van der Waals surface area contributed by atoms with Gasteiger partial charge in [0.2, 0.25) is 11.8 Å². The van der Waals surface area contributed by atoms with Crippen molar-refractivity contribution >= 4 is 11.8 Å². The molecule has 7 heteroatoms. The van der Waals surface area contributed by atoms with Crippen molar-refractivity contribution in [3.8, 4) is 17.2 Å². The Balaban J connectivity index is 1.15. The molecule has 1 N–H and O–H groups in total. The van der Waals surface area contributed by atoms with Crippen LogP contribution in [0.25, 0.3) is 11.5 Å². The summed E-state index contributed by atoms with van der Waals surface area (Å²) in [5, 5.41) is 11.9. The quantitative estimate of drug-likeness (QED) is 0.425. The van der Waals surface area contributed by atoms with Crippen LogP contribution in [0.1, 0.15) is 24.3 Å². The van der Waals surface area contributed by atoms with E-state index in [9.17, 15) is 0 Å². The van der Waals surface area contributed by atoms with E-state index in [-0.39, 0.29) is 0 Å². The Morgan fingerprint density at radius 1 is 1.00 bits per heavy atom. The summed E-state index contributed by atoms with van der Waals surface area (Å²) in [6.07, 6.45) is 2.69. The van der Waals surface area contributed by atoms with E-state index in [2.05, 4.69) is 44.7 Å². The molecular formula is C24H30N4O2S. The zero-order valence-electron chi connectivity index (χ0n) is 17.8. The molecule has 1 aliphatic heterocycles. The van der Waals surface area contributed by atoms with E-state index in [0.717, 1.165) is 36.7 Å². The number of likely N-dealkylation sites (tertiary alicyclic amines) is 1. The van der Waals surface area contributed by atoms with Gasteiger partial charge in [0.15, 0.2) is 0 Å². The zero-order valence-corrected chi connectivity index (χ0v) is 18.7. The highest BCUT2D eigenvalue weighted by Gasteiger charge is 2.11. The molecule has 4 rings (SSSR count). The minimum Gasteiger partial charge on any atom is -0.493 e. The minimum absolute atomic E-state index is 0.574. The number of aromatic nitrogens is 2. The lowest BCUT2D eigenvalue weighted by Gasteiger charge is -2.14. The van der Waals surface area contributed by atoms with Crippen LogP contribution < -0.4 is 10.1 Å². The Labute approximate surface area is 188 Å². The van der Waals surface area contributed by atoms with Crippen LogP contribution in [0, 0.1) is 0 Å². The second-order valence-corrected chi connectivity index (χ2v) is 8.74. The van der Waals surface area contributed by atoms with Crippen molar-refractivity contribution in [2.75, 3.05) is 38.5 Å². The maximum Gasteiger partial charge on any atom is 0.247 e. The molecule has 1 saturated heterocycles. The van der Waals surface area contributed by atoms with Crippen LogP contribution >= 0.6 is 11.8 Å². The second kappa shape index (κ2) is 11.9. The van der Waals surface area contributed by atoms with E-state index in [1.807, 2.05) is 30.3 Å². The monoisotopic (exact) mass is 438 g/mol. The zero-order chi connectivity index (χ0) is 21.1. The predicted octanol–water partition coefficient (Wildman–Crippen LogP) is 4.23. The maximum atomic E-state index is 5.82. The highest BCUT2D eigenvalue weighted by molar-refractivity contribution is 7.98. The Morgan fingerprint density at radius 2 is 1.81 bits per heavy atom. The average Bonchev–Trinajstić information content (AvgIpc) is 3.50. The van der Waals surface area contributed by atoms with E-state index >= 15 is 0 Å². The number of hydrogen-bond donors (Lipinski definition) is 1. The molecule has 31 heavy (non-hydrogen) atoms. The molecule has 1 fully saturated rings. The van der Waals surface area contributed by atoms with E-state index < -0.39 is 0 Å². The molecule has 0 saturated carbocycles. The van der Waals surface area contributed by atoms with Crippen molar-refractivity contribution in [3.05, 3.63) is 66.1 Å². The molecular weight excluding hydrogens is 408 g/mol. The summed E-state index contributed by atoms with van der Waals surface area (Å²) in [4.78, 5) is 2.53. The van der Waals surface area contributed by atoms with Gasteiger partial charge in [0.1, 0.15) is 5.75 Å². The number of rotatable bonds is 12. The Kier molecular flexibility index (Phi) is 8.38. The van der Waals surface area contributed by atoms with Gasteiger partial charge >= 0.3 is 0 Å². The predicted molar refractivity (Wildman–Crippen MR) is 125 cm³/mol. The van der Waals surface area contributed by atoms with E-state index in [4.69, 9.17) is 9.15 Å². The van der Waals surface area contributed by atoms with Crippen molar-refractivity contribution < 1.29 is 9.15 Å². The van der Waals surface area contributed by atoms with E-state index in [1.54, 1.807) is 11.8 Å². The van der Waals surface area contributed by atoms with Crippen molar-refractivity contribution in [1.29, 1.82) is 0 Å². The van der Waals surface area contributed by atoms with Crippen LogP contribution in [0.4, 0.5) is 0 Å². The first-order chi connectivity index (χ1) is 15.4. The molecule has 0 atom stereocenters. The molecule has 0 aliphatic carbocycles. The van der Waals surface area contributed by atoms with Gasteiger partial charge in [-0.05, 0) is 55.8 Å². The highest BCUT2D eigenvalue weighted by atomic mass is 32.2. The first-order valence-corrected chi connectivity index (χ1v) is 12.1. The van der Waals surface area contributed by atoms with Gasteiger partial charge in [-0.15, -0.1) is 22.0 Å². The van der Waals surface area contributed by atoms with Crippen LogP contribution in [0.2, 0.25) is 0 Å². The lowest BCUT2D eigenvalue weighted by Crippen LogP contribution is -2.29. The normalized spacial score (nSPS) is 14.2. The Bertz CT molecular complexity index is 895. The molecule has 2 heterocycles. The highest BCUT2D eigenvalue weighted by Crippen LogP contribution is 2.20. The number of ether oxygens (including phenoxy) is 1. The summed E-state index contributed by atoms with van der Waals surface area (Å²) < 4.78 is 11.5. The SMILES string of the molecule is c1ccc(OCCSCc2nnc(-c3ccc(CNCCN4CCCC4)cc3)o2)cc1. The van der Waals surface area contributed by atoms with Crippen LogP contribution in [0.3, 0.4) is 0 Å². The van der Waals surface area contributed by atoms with Gasteiger partial charge in [-0.25, -0.2) is 0 Å². The Hall–Kier alpha value is -2.35. The van der Waals surface area contributed by atoms with Gasteiger partial charge in [0, 0.05) is 31.0 Å². The summed E-state index contributed by atoms with van der Waals surface area (Å²) in [5.41, 5.74) is 2.22. The number of benzene rings is 2. The van der Waals surface area contributed by atoms with Crippen molar-refractivity contribution in [2.45, 2.75) is 25.1 Å². The molecule has 0 bridgehead atoms. The molecule has 0 radical (unpaired) electrons. The summed E-state index contributed by atoms with van der Waals surface area (Å²) in [6, 6.07) is 18.2. The Morgan fingerprint density at radius 3 is 2.61 bits per heavy atom. The van der Waals surface area contributed by atoms with E-state index in [0.29, 0.717) is 24.1 Å². The van der Waals surface area contributed by atoms with Gasteiger partial charge < -0.3 is 19.4 Å². The molecule has 0 amide bonds. The summed E-state index contributed by atoms with van der Waals surface area (Å²) >= 11 is 1.72. The summed E-state index contributed by atoms with van der Waals surface area (Å²) in [7, 11) is 0. The van der Waals surface area contributed by atoms with Crippen molar-refractivity contribution in [1.82, 2.24) is 20.4 Å². The lowest BCUT2D eigenvalue weighted by molar-refractivity contribution is 0.335. The van der Waals surface area contributed by atoms with Crippen molar-refractivity contribution in [3.63, 3.8) is 0 Å². The molecule has 6 nitrogen and oxygen atoms in total. The fourth-order valence-electron chi connectivity index (χ4n) is 3.56. The van der Waals surface area contributed by atoms with Crippen LogP contribution in [-0.2, 0) is 12.3 Å². The standard InChI is InChI=1S/C24H30N4O2S/c1-2-6-22(7-3-1)29-16-17-31-19-23-26-27-24(30-23)21-10-8-20(9-11-21)18-25-12-15-28-13-4-5-14-28/h1-3,6-11,25H,4-5,12-19H2. The maximum absolute atomic E-state index is 5.82. The summed E-state index contributed by atoms with van der Waals surface area (Å²) in [5.74, 6) is 3.67. The molecule has 0 spiro atoms. The topological polar surface area (TPSA) is 63.4 Å². The largest absolute Gasteiger partial charge is 0.493 e. The third-order valence-electron chi connectivity index (χ3n) is 5.27. The first-order valence-electron chi connectivity index (χ1n) is 11.0. The van der Waals surface area contributed by atoms with Gasteiger partial charge in [0.25, 0.3) is 0 Å². The molecule has 1 aliphatic rings. The number of hydrogen-bond acceptors (Lipinski definition) is 7. The van der Waals surface area contributed by atoms with Crippen LogP contribution in [0.5, 0.6) is 5.75 Å². The van der Waals surface area contributed by atoms with E-state index in [1.165, 1.54) is 31.5 Å². The number of para-hydroxylation sites is 1. The minimum atomic E-state index is 0.574. The lowest BCUT2D eigenvalue weighted by atomic mass is 10.1. The average molecular weight is 439 g/mol. The third kappa shape index (κ3) is 7.09. The van der Waals surface area contributed by atoms with Crippen LogP contribution in [-0.4, -0.2) is 53.6 Å². The number of nitrogens with zero attached hydrogens (tertiary/aromatic N) is 3. The van der Waals surface area contributed by atoms with Crippen molar-refractivity contribution in [2.24, 2.45) is 0 Å². The van der Waals surface area contributed by atoms with Gasteiger partial charge in [-0.1, -0.05) is 30.3 Å². The fourth-order valence-corrected chi connectivity index (χ4v) is 4.20. The molecule has 0 unspecified atom stereocenters. The first kappa shape index (κ1) is 21.9. The number of thioether (sulfide) groups is 1. The summed E-state index contributed by atoms with van der Waals surface area (Å²) in [6.45, 7) is 6.21. The number of nitrogens with one attached hydrogen (secondary N) is 1. The molecule has 164 valence electrons. The van der Waals surface area contributed by atoms with Crippen LogP contribution in [0.15, 0.2) is 59.0 Å². The molecule has 2 aromatic carbocycles. The smallest absolute Gasteiger partial charge is 0.247 e. The molecule has 3 aromatic rings.